The van der Waals surface area contributed by atoms with Crippen LogP contribution in [0.25, 0.3) is 0 Å². The van der Waals surface area contributed by atoms with Gasteiger partial charge in [-0.1, -0.05) is 56.8 Å². The maximum atomic E-state index is 11.2. The molecule has 0 radical (unpaired) electrons. The van der Waals surface area contributed by atoms with E-state index in [0.717, 1.165) is 0 Å². The predicted molar refractivity (Wildman–Crippen MR) is 63.4 cm³/mol. The molecule has 0 fully saturated rings. The van der Waals surface area contributed by atoms with Crippen molar-refractivity contribution in [3.05, 3.63) is 12.7 Å². The average molecular weight is 324 g/mol. The molecule has 0 saturated heterocycles. The second kappa shape index (κ2) is 6.21. The van der Waals surface area contributed by atoms with Crippen molar-refractivity contribution in [1.29, 1.82) is 0 Å². The maximum absolute atomic E-state index is 11.2. The van der Waals surface area contributed by atoms with Gasteiger partial charge >= 0.3 is 5.97 Å². The highest BCUT2D eigenvalue weighted by Crippen LogP contribution is 2.34. The van der Waals surface area contributed by atoms with Crippen LogP contribution in [0.3, 0.4) is 0 Å². The van der Waals surface area contributed by atoms with E-state index in [1.54, 1.807) is 6.92 Å². The summed E-state index contributed by atoms with van der Waals surface area (Å²) in [6, 6.07) is 0. The highest BCUT2D eigenvalue weighted by molar-refractivity contribution is 9.10. The molecule has 2 nitrogen and oxygen atoms in total. The van der Waals surface area contributed by atoms with Crippen LogP contribution in [0.5, 0.6) is 0 Å². The van der Waals surface area contributed by atoms with Gasteiger partial charge in [-0.05, 0) is 6.92 Å². The summed E-state index contributed by atoms with van der Waals surface area (Å²) in [7, 11) is 0. The third-order valence-electron chi connectivity index (χ3n) is 1.33. The normalized spacial score (nSPS) is 15.8. The van der Waals surface area contributed by atoms with Crippen molar-refractivity contribution >= 4 is 56.7 Å². The monoisotopic (exact) mass is 322 g/mol. The van der Waals surface area contributed by atoms with Crippen LogP contribution in [-0.2, 0) is 9.53 Å². The van der Waals surface area contributed by atoms with E-state index in [1.165, 1.54) is 6.08 Å². The quantitative estimate of drug-likeness (QED) is 0.448. The highest BCUT2D eigenvalue weighted by atomic mass is 79.9. The fourth-order valence-electron chi connectivity index (χ4n) is 0.634. The zero-order chi connectivity index (χ0) is 11.4. The molecule has 0 spiro atoms. The zero-order valence-electron chi connectivity index (χ0n) is 7.47. The van der Waals surface area contributed by atoms with Crippen LogP contribution in [0.1, 0.15) is 13.3 Å². The molecule has 0 rings (SSSR count). The van der Waals surface area contributed by atoms with Gasteiger partial charge in [0, 0.05) is 6.42 Å². The third-order valence-corrected chi connectivity index (χ3v) is 2.43. The van der Waals surface area contributed by atoms with Crippen molar-refractivity contribution in [2.75, 3.05) is 0 Å². The Morgan fingerprint density at radius 2 is 2.14 bits per heavy atom. The van der Waals surface area contributed by atoms with Gasteiger partial charge < -0.3 is 4.74 Å². The van der Waals surface area contributed by atoms with Gasteiger partial charge in [-0.15, -0.1) is 6.58 Å². The molecule has 0 bridgehead atoms. The fourth-order valence-corrected chi connectivity index (χ4v) is 1.14. The molecule has 0 aromatic carbocycles. The van der Waals surface area contributed by atoms with E-state index in [0.29, 0.717) is 6.42 Å². The van der Waals surface area contributed by atoms with Gasteiger partial charge in [-0.3, -0.25) is 4.79 Å². The van der Waals surface area contributed by atoms with Gasteiger partial charge in [0.1, 0.15) is 4.83 Å². The molecule has 0 heterocycles. The number of hydrogen-bond donors (Lipinski definition) is 0. The molecule has 2 atom stereocenters. The van der Waals surface area contributed by atoms with E-state index in [1.807, 2.05) is 0 Å². The lowest BCUT2D eigenvalue weighted by atomic mass is 10.3. The number of carbonyl (C=O) groups is 1. The van der Waals surface area contributed by atoms with Crippen molar-refractivity contribution in [2.24, 2.45) is 0 Å². The molecular weight excluding hydrogens is 314 g/mol. The van der Waals surface area contributed by atoms with Crippen LogP contribution in [-0.4, -0.2) is 20.7 Å². The van der Waals surface area contributed by atoms with E-state index in [4.69, 9.17) is 39.5 Å². The number of alkyl halides is 4. The Morgan fingerprint density at radius 1 is 1.64 bits per heavy atom. The number of rotatable bonds is 4. The number of halogens is 4. The second-order valence-corrected chi connectivity index (χ2v) is 6.35. The summed E-state index contributed by atoms with van der Waals surface area (Å²) in [4.78, 5) is 10.8. The van der Waals surface area contributed by atoms with Crippen molar-refractivity contribution in [3.63, 3.8) is 0 Å². The highest BCUT2D eigenvalue weighted by Gasteiger charge is 2.35. The Kier molecular flexibility index (Phi) is 6.46. The van der Waals surface area contributed by atoms with E-state index in [9.17, 15) is 4.79 Å². The molecule has 0 aromatic rings. The van der Waals surface area contributed by atoms with Gasteiger partial charge in [0.25, 0.3) is 0 Å². The number of hydrogen-bond acceptors (Lipinski definition) is 2. The van der Waals surface area contributed by atoms with Crippen molar-refractivity contribution in [3.8, 4) is 0 Å². The SMILES string of the molecule is C=CC[C@@H](OC(=O)[C@H](C)Br)C(Cl)(Cl)Cl. The minimum atomic E-state index is -1.63. The van der Waals surface area contributed by atoms with E-state index >= 15 is 0 Å². The van der Waals surface area contributed by atoms with Crippen LogP contribution in [0.4, 0.5) is 0 Å². The zero-order valence-corrected chi connectivity index (χ0v) is 11.3. The largest absolute Gasteiger partial charge is 0.457 e. The van der Waals surface area contributed by atoms with Crippen molar-refractivity contribution < 1.29 is 9.53 Å². The van der Waals surface area contributed by atoms with E-state index in [-0.39, 0.29) is 0 Å². The van der Waals surface area contributed by atoms with E-state index < -0.39 is 20.7 Å². The smallest absolute Gasteiger partial charge is 0.319 e. The van der Waals surface area contributed by atoms with Crippen LogP contribution in [0.15, 0.2) is 12.7 Å². The minimum Gasteiger partial charge on any atom is -0.457 e. The van der Waals surface area contributed by atoms with E-state index in [2.05, 4.69) is 22.5 Å². The maximum Gasteiger partial charge on any atom is 0.319 e. The first-order chi connectivity index (χ1) is 6.29. The molecule has 0 amide bonds. The Balaban J connectivity index is 4.38. The number of ether oxygens (including phenoxy) is 1. The summed E-state index contributed by atoms with van der Waals surface area (Å²) < 4.78 is 3.33. The van der Waals surface area contributed by atoms with Crippen molar-refractivity contribution in [2.45, 2.75) is 28.1 Å². The number of carbonyl (C=O) groups excluding carboxylic acids is 1. The summed E-state index contributed by atoms with van der Waals surface area (Å²) in [5.41, 5.74) is 0. The molecule has 0 unspecified atom stereocenters. The average Bonchev–Trinajstić information content (AvgIpc) is 2.01. The first kappa shape index (κ1) is 14.6. The van der Waals surface area contributed by atoms with Crippen LogP contribution in [0.2, 0.25) is 0 Å². The summed E-state index contributed by atoms with van der Waals surface area (Å²) in [6.45, 7) is 5.12. The molecule has 0 aliphatic rings. The molecule has 6 heteroatoms. The molecule has 0 aliphatic heterocycles. The molecule has 82 valence electrons. The molecule has 0 N–H and O–H groups in total. The molecular formula is C8H10BrCl3O2. The Hall–Kier alpha value is 0.560. The minimum absolute atomic E-state index is 0.294. The molecule has 14 heavy (non-hydrogen) atoms. The first-order valence-corrected chi connectivity index (χ1v) is 5.86. The topological polar surface area (TPSA) is 26.3 Å². The Morgan fingerprint density at radius 3 is 2.43 bits per heavy atom. The fraction of sp³-hybridized carbons (Fsp3) is 0.625. The Labute approximate surface area is 107 Å². The van der Waals surface area contributed by atoms with Crippen molar-refractivity contribution in [1.82, 2.24) is 0 Å². The lowest BCUT2D eigenvalue weighted by Crippen LogP contribution is -2.32. The van der Waals surface area contributed by atoms with Crippen LogP contribution >= 0.6 is 50.7 Å². The lowest BCUT2D eigenvalue weighted by Gasteiger charge is -2.23. The van der Waals surface area contributed by atoms with Crippen LogP contribution < -0.4 is 0 Å². The van der Waals surface area contributed by atoms with Gasteiger partial charge in [0.2, 0.25) is 3.79 Å². The second-order valence-electron chi connectivity index (χ2n) is 2.61. The summed E-state index contributed by atoms with van der Waals surface area (Å²) in [6.07, 6.45) is 1.01. The molecule has 0 aromatic heterocycles. The summed E-state index contributed by atoms with van der Waals surface area (Å²) in [5.74, 6) is -0.469. The van der Waals surface area contributed by atoms with Gasteiger partial charge in [0.15, 0.2) is 6.10 Å². The number of esters is 1. The van der Waals surface area contributed by atoms with Gasteiger partial charge in [-0.2, -0.15) is 0 Å². The predicted octanol–water partition coefficient (Wildman–Crippen LogP) is 3.63. The lowest BCUT2D eigenvalue weighted by molar-refractivity contribution is -0.147. The summed E-state index contributed by atoms with van der Waals surface area (Å²) >= 11 is 19.9. The standard InChI is InChI=1S/C8H10BrCl3O2/c1-3-4-6(8(10,11)12)14-7(13)5(2)9/h3,5-6H,1,4H2,2H3/t5-,6+/m0/s1. The third kappa shape index (κ3) is 5.44. The van der Waals surface area contributed by atoms with Crippen LogP contribution in [0, 0.1) is 0 Å². The molecule has 0 aliphatic carbocycles. The van der Waals surface area contributed by atoms with Gasteiger partial charge in [0.05, 0.1) is 0 Å². The molecule has 0 saturated carbocycles. The first-order valence-electron chi connectivity index (χ1n) is 3.81. The Bertz CT molecular complexity index is 213. The van der Waals surface area contributed by atoms with Gasteiger partial charge in [-0.25, -0.2) is 0 Å². The summed E-state index contributed by atoms with van der Waals surface area (Å²) in [5, 5.41) is 0.